The van der Waals surface area contributed by atoms with Crippen molar-refractivity contribution in [2.45, 2.75) is 18.8 Å². The summed E-state index contributed by atoms with van der Waals surface area (Å²) >= 11 is 0. The van der Waals surface area contributed by atoms with Crippen LogP contribution in [0.4, 0.5) is 0 Å². The van der Waals surface area contributed by atoms with Crippen molar-refractivity contribution in [3.8, 4) is 5.75 Å². The molecule has 1 saturated heterocycles. The third-order valence-electron chi connectivity index (χ3n) is 3.73. The third-order valence-corrected chi connectivity index (χ3v) is 3.73. The molecular weight excluding hydrogens is 226 g/mol. The fraction of sp³-hybridized carbons (Fsp3) is 0.500. The summed E-state index contributed by atoms with van der Waals surface area (Å²) in [5, 5.41) is 0. The number of likely N-dealkylation sites (tertiary alicyclic amines) is 1. The van der Waals surface area contributed by atoms with E-state index in [0.29, 0.717) is 5.92 Å². The van der Waals surface area contributed by atoms with E-state index in [-0.39, 0.29) is 0 Å². The van der Waals surface area contributed by atoms with Gasteiger partial charge in [-0.2, -0.15) is 0 Å². The van der Waals surface area contributed by atoms with Crippen LogP contribution < -0.4 is 4.74 Å². The van der Waals surface area contributed by atoms with Gasteiger partial charge in [0.2, 0.25) is 0 Å². The Morgan fingerprint density at radius 2 is 2.33 bits per heavy atom. The average molecular weight is 245 g/mol. The van der Waals surface area contributed by atoms with Gasteiger partial charge in [0.25, 0.3) is 0 Å². The number of fused-ring (bicyclic) bond motifs is 1. The Labute approximate surface area is 107 Å². The molecule has 4 nitrogen and oxygen atoms in total. The maximum atomic E-state index is 5.23. The molecule has 0 bridgehead atoms. The van der Waals surface area contributed by atoms with Crippen molar-refractivity contribution in [3.63, 3.8) is 0 Å². The number of hydrogen-bond donors (Lipinski definition) is 0. The molecular formula is C14H19N3O. The van der Waals surface area contributed by atoms with Gasteiger partial charge in [0, 0.05) is 30.9 Å². The number of pyridine rings is 1. The van der Waals surface area contributed by atoms with E-state index in [2.05, 4.69) is 22.5 Å². The topological polar surface area (TPSA) is 29.8 Å². The second kappa shape index (κ2) is 4.61. The lowest BCUT2D eigenvalue weighted by atomic mass is 9.96. The zero-order chi connectivity index (χ0) is 12.5. The van der Waals surface area contributed by atoms with E-state index in [1.807, 2.05) is 18.3 Å². The SMILES string of the molecule is COc1ccn2cc(C3CCCN(C)C3)nc2c1. The minimum Gasteiger partial charge on any atom is -0.497 e. The summed E-state index contributed by atoms with van der Waals surface area (Å²) in [5.41, 5.74) is 2.17. The second-order valence-electron chi connectivity index (χ2n) is 5.10. The highest BCUT2D eigenvalue weighted by molar-refractivity contribution is 5.46. The van der Waals surface area contributed by atoms with Crippen molar-refractivity contribution >= 4 is 5.65 Å². The van der Waals surface area contributed by atoms with Crippen LogP contribution in [0.15, 0.2) is 24.5 Å². The Morgan fingerprint density at radius 3 is 3.11 bits per heavy atom. The fourth-order valence-electron chi connectivity index (χ4n) is 2.71. The number of ether oxygens (including phenoxy) is 1. The largest absolute Gasteiger partial charge is 0.497 e. The van der Waals surface area contributed by atoms with Crippen molar-refractivity contribution in [2.75, 3.05) is 27.2 Å². The summed E-state index contributed by atoms with van der Waals surface area (Å²) in [6, 6.07) is 3.95. The van der Waals surface area contributed by atoms with Crippen LogP contribution in [-0.4, -0.2) is 41.5 Å². The van der Waals surface area contributed by atoms with Crippen LogP contribution in [0.25, 0.3) is 5.65 Å². The molecule has 2 aromatic rings. The molecule has 3 rings (SSSR count). The molecule has 1 unspecified atom stereocenters. The predicted octanol–water partition coefficient (Wildman–Crippen LogP) is 2.15. The van der Waals surface area contributed by atoms with Crippen LogP contribution in [0.2, 0.25) is 0 Å². The number of likely N-dealkylation sites (N-methyl/N-ethyl adjacent to an activating group) is 1. The first-order valence-electron chi connectivity index (χ1n) is 6.47. The molecule has 1 aliphatic rings. The molecule has 0 amide bonds. The van der Waals surface area contributed by atoms with Crippen LogP contribution >= 0.6 is 0 Å². The summed E-state index contributed by atoms with van der Waals surface area (Å²) in [6.45, 7) is 2.32. The van der Waals surface area contributed by atoms with Crippen molar-refractivity contribution in [2.24, 2.45) is 0 Å². The van der Waals surface area contributed by atoms with Gasteiger partial charge in [0.1, 0.15) is 11.4 Å². The van der Waals surface area contributed by atoms with Crippen molar-refractivity contribution in [1.29, 1.82) is 0 Å². The van der Waals surface area contributed by atoms with E-state index in [0.717, 1.165) is 17.9 Å². The number of nitrogens with zero attached hydrogens (tertiary/aromatic N) is 3. The summed E-state index contributed by atoms with van der Waals surface area (Å²) in [6.07, 6.45) is 6.67. The van der Waals surface area contributed by atoms with Gasteiger partial charge in [-0.15, -0.1) is 0 Å². The molecule has 96 valence electrons. The summed E-state index contributed by atoms with van der Waals surface area (Å²) in [4.78, 5) is 7.12. The molecule has 0 spiro atoms. The van der Waals surface area contributed by atoms with E-state index in [1.165, 1.54) is 25.1 Å². The number of methoxy groups -OCH3 is 1. The van der Waals surface area contributed by atoms with E-state index < -0.39 is 0 Å². The van der Waals surface area contributed by atoms with Crippen LogP contribution in [0.1, 0.15) is 24.5 Å². The monoisotopic (exact) mass is 245 g/mol. The highest BCUT2D eigenvalue weighted by Crippen LogP contribution is 2.26. The molecule has 0 radical (unpaired) electrons. The molecule has 0 aliphatic carbocycles. The molecule has 1 aliphatic heterocycles. The van der Waals surface area contributed by atoms with Crippen molar-refractivity contribution < 1.29 is 4.74 Å². The highest BCUT2D eigenvalue weighted by Gasteiger charge is 2.21. The Bertz CT molecular complexity index is 549. The summed E-state index contributed by atoms with van der Waals surface area (Å²) < 4.78 is 7.31. The molecule has 4 heteroatoms. The number of rotatable bonds is 2. The van der Waals surface area contributed by atoms with Gasteiger partial charge in [-0.3, -0.25) is 0 Å². The number of piperidine rings is 1. The van der Waals surface area contributed by atoms with Crippen molar-refractivity contribution in [1.82, 2.24) is 14.3 Å². The van der Waals surface area contributed by atoms with Gasteiger partial charge < -0.3 is 14.0 Å². The first kappa shape index (κ1) is 11.5. The standard InChI is InChI=1S/C14H19N3O/c1-16-6-3-4-11(9-16)13-10-17-7-5-12(18-2)8-14(17)15-13/h5,7-8,10-11H,3-4,6,9H2,1-2H3. The van der Waals surface area contributed by atoms with Crippen LogP contribution in [0.3, 0.4) is 0 Å². The highest BCUT2D eigenvalue weighted by atomic mass is 16.5. The van der Waals surface area contributed by atoms with E-state index in [4.69, 9.17) is 9.72 Å². The molecule has 0 aromatic carbocycles. The van der Waals surface area contributed by atoms with Crippen LogP contribution in [-0.2, 0) is 0 Å². The second-order valence-corrected chi connectivity index (χ2v) is 5.10. The Kier molecular flexibility index (Phi) is 2.96. The molecule has 1 atom stereocenters. The van der Waals surface area contributed by atoms with Crippen LogP contribution in [0, 0.1) is 0 Å². The quantitative estimate of drug-likeness (QED) is 0.812. The molecule has 3 heterocycles. The Hall–Kier alpha value is -1.55. The molecule has 18 heavy (non-hydrogen) atoms. The van der Waals surface area contributed by atoms with Crippen LogP contribution in [0.5, 0.6) is 5.75 Å². The van der Waals surface area contributed by atoms with Crippen molar-refractivity contribution in [3.05, 3.63) is 30.2 Å². The Morgan fingerprint density at radius 1 is 1.44 bits per heavy atom. The molecule has 0 saturated carbocycles. The maximum absolute atomic E-state index is 5.23. The van der Waals surface area contributed by atoms with Gasteiger partial charge >= 0.3 is 0 Å². The summed E-state index contributed by atoms with van der Waals surface area (Å²) in [5.74, 6) is 1.43. The maximum Gasteiger partial charge on any atom is 0.140 e. The lowest BCUT2D eigenvalue weighted by molar-refractivity contribution is 0.249. The molecule has 0 N–H and O–H groups in total. The number of hydrogen-bond acceptors (Lipinski definition) is 3. The lowest BCUT2D eigenvalue weighted by Crippen LogP contribution is -2.30. The number of aromatic nitrogens is 2. The van der Waals surface area contributed by atoms with Gasteiger partial charge in [0.15, 0.2) is 0 Å². The zero-order valence-electron chi connectivity index (χ0n) is 11.0. The van der Waals surface area contributed by atoms with E-state index in [1.54, 1.807) is 7.11 Å². The fourth-order valence-corrected chi connectivity index (χ4v) is 2.71. The van der Waals surface area contributed by atoms with Gasteiger partial charge in [-0.05, 0) is 32.5 Å². The van der Waals surface area contributed by atoms with Gasteiger partial charge in [-0.1, -0.05) is 0 Å². The molecule has 2 aromatic heterocycles. The predicted molar refractivity (Wildman–Crippen MR) is 71.2 cm³/mol. The normalized spacial score (nSPS) is 21.3. The summed E-state index contributed by atoms with van der Waals surface area (Å²) in [7, 11) is 3.87. The third kappa shape index (κ3) is 2.08. The van der Waals surface area contributed by atoms with Gasteiger partial charge in [0.05, 0.1) is 12.8 Å². The first-order chi connectivity index (χ1) is 8.76. The minimum atomic E-state index is 0.564. The molecule has 1 fully saturated rings. The van der Waals surface area contributed by atoms with Gasteiger partial charge in [-0.25, -0.2) is 4.98 Å². The average Bonchev–Trinajstić information content (AvgIpc) is 2.81. The minimum absolute atomic E-state index is 0.564. The number of imidazole rings is 1. The first-order valence-corrected chi connectivity index (χ1v) is 6.47. The zero-order valence-corrected chi connectivity index (χ0v) is 11.0. The smallest absolute Gasteiger partial charge is 0.140 e. The van der Waals surface area contributed by atoms with E-state index in [9.17, 15) is 0 Å². The van der Waals surface area contributed by atoms with E-state index >= 15 is 0 Å². The lowest BCUT2D eigenvalue weighted by Gasteiger charge is -2.28. The Balaban J connectivity index is 1.92.